The predicted molar refractivity (Wildman–Crippen MR) is 136 cm³/mol. The molecule has 0 radical (unpaired) electrons. The highest BCUT2D eigenvalue weighted by Gasteiger charge is 2.22. The van der Waals surface area contributed by atoms with Gasteiger partial charge in [0.05, 0.1) is 25.5 Å². The van der Waals surface area contributed by atoms with E-state index in [-0.39, 0.29) is 5.91 Å². The van der Waals surface area contributed by atoms with Gasteiger partial charge in [0.25, 0.3) is 0 Å². The second-order valence-electron chi connectivity index (χ2n) is 8.54. The highest BCUT2D eigenvalue weighted by atomic mass is 32.2. The molecule has 4 rings (SSSR count). The number of aryl methyl sites for hydroxylation is 1. The van der Waals surface area contributed by atoms with E-state index < -0.39 is 0 Å². The van der Waals surface area contributed by atoms with Gasteiger partial charge in [0.1, 0.15) is 0 Å². The van der Waals surface area contributed by atoms with Crippen molar-refractivity contribution in [2.75, 3.05) is 43.5 Å². The van der Waals surface area contributed by atoms with Crippen molar-refractivity contribution in [2.24, 2.45) is 0 Å². The summed E-state index contributed by atoms with van der Waals surface area (Å²) in [5.74, 6) is 1.30. The quantitative estimate of drug-likeness (QED) is 0.410. The molecule has 0 atom stereocenters. The van der Waals surface area contributed by atoms with Gasteiger partial charge in [-0.1, -0.05) is 78.8 Å². The standard InChI is InChI=1S/C26H33N5O2S/c1-3-13-30(18-23-11-9-21(2)10-12-23)24(32)20-34-26-28-27-25(29-14-16-33-17-15-29)31(26)19-22-7-5-4-6-8-22/h4-12H,3,13-20H2,1-2H3. The molecule has 8 heteroatoms. The lowest BCUT2D eigenvalue weighted by Gasteiger charge is -2.28. The van der Waals surface area contributed by atoms with Gasteiger partial charge in [-0.2, -0.15) is 0 Å². The van der Waals surface area contributed by atoms with Crippen molar-refractivity contribution >= 4 is 23.6 Å². The summed E-state index contributed by atoms with van der Waals surface area (Å²) in [6.07, 6.45) is 0.924. The van der Waals surface area contributed by atoms with Crippen LogP contribution in [0, 0.1) is 6.92 Å². The molecule has 0 spiro atoms. The molecule has 1 aromatic heterocycles. The summed E-state index contributed by atoms with van der Waals surface area (Å²) in [4.78, 5) is 17.3. The summed E-state index contributed by atoms with van der Waals surface area (Å²) >= 11 is 1.47. The lowest BCUT2D eigenvalue weighted by molar-refractivity contribution is -0.129. The number of carbonyl (C=O) groups is 1. The fourth-order valence-corrected chi connectivity index (χ4v) is 4.82. The third-order valence-electron chi connectivity index (χ3n) is 5.84. The van der Waals surface area contributed by atoms with Crippen LogP contribution in [0.4, 0.5) is 5.95 Å². The Morgan fingerprint density at radius 1 is 1.03 bits per heavy atom. The highest BCUT2D eigenvalue weighted by Crippen LogP contribution is 2.25. The van der Waals surface area contributed by atoms with E-state index in [4.69, 9.17) is 4.74 Å². The van der Waals surface area contributed by atoms with Crippen LogP contribution in [0.25, 0.3) is 0 Å². The zero-order chi connectivity index (χ0) is 23.8. The van der Waals surface area contributed by atoms with Gasteiger partial charge < -0.3 is 14.5 Å². The van der Waals surface area contributed by atoms with Crippen molar-refractivity contribution in [3.05, 3.63) is 71.3 Å². The van der Waals surface area contributed by atoms with Crippen molar-refractivity contribution in [3.8, 4) is 0 Å². The Kier molecular flexibility index (Phi) is 8.60. The fourth-order valence-electron chi connectivity index (χ4n) is 3.98. The average molecular weight is 480 g/mol. The molecule has 0 N–H and O–H groups in total. The van der Waals surface area contributed by atoms with E-state index in [9.17, 15) is 4.79 Å². The molecule has 1 aliphatic heterocycles. The molecule has 1 fully saturated rings. The first kappa shape index (κ1) is 24.3. The van der Waals surface area contributed by atoms with Gasteiger partial charge in [0.15, 0.2) is 5.16 Å². The number of amides is 1. The molecule has 0 aliphatic carbocycles. The second-order valence-corrected chi connectivity index (χ2v) is 9.49. The smallest absolute Gasteiger partial charge is 0.233 e. The van der Waals surface area contributed by atoms with Crippen molar-refractivity contribution in [3.63, 3.8) is 0 Å². The molecule has 3 aromatic rings. The molecule has 0 unspecified atom stereocenters. The number of morpholine rings is 1. The zero-order valence-electron chi connectivity index (χ0n) is 20.0. The van der Waals surface area contributed by atoms with Crippen LogP contribution in [0.5, 0.6) is 0 Å². The number of hydrogen-bond donors (Lipinski definition) is 0. The van der Waals surface area contributed by atoms with Crippen LogP contribution in [0.2, 0.25) is 0 Å². The maximum Gasteiger partial charge on any atom is 0.233 e. The van der Waals surface area contributed by atoms with Crippen LogP contribution in [-0.4, -0.2) is 64.2 Å². The first-order valence-corrected chi connectivity index (χ1v) is 12.9. The Bertz CT molecular complexity index is 1050. The molecule has 2 aromatic carbocycles. The van der Waals surface area contributed by atoms with E-state index >= 15 is 0 Å². The molecule has 1 amide bonds. The number of nitrogens with zero attached hydrogens (tertiary/aromatic N) is 5. The lowest BCUT2D eigenvalue weighted by atomic mass is 10.1. The van der Waals surface area contributed by atoms with Crippen LogP contribution in [0.3, 0.4) is 0 Å². The van der Waals surface area contributed by atoms with Gasteiger partial charge in [0.2, 0.25) is 11.9 Å². The molecular weight excluding hydrogens is 446 g/mol. The van der Waals surface area contributed by atoms with Crippen molar-refractivity contribution < 1.29 is 9.53 Å². The monoisotopic (exact) mass is 479 g/mol. The number of benzene rings is 2. The molecule has 7 nitrogen and oxygen atoms in total. The Labute approximate surface area is 206 Å². The maximum atomic E-state index is 13.2. The van der Waals surface area contributed by atoms with Gasteiger partial charge in [-0.05, 0) is 24.5 Å². The Balaban J connectivity index is 1.48. The summed E-state index contributed by atoms with van der Waals surface area (Å²) < 4.78 is 7.64. The summed E-state index contributed by atoms with van der Waals surface area (Å²) in [5.41, 5.74) is 3.55. The molecule has 0 saturated carbocycles. The Morgan fingerprint density at radius 2 is 1.76 bits per heavy atom. The molecule has 34 heavy (non-hydrogen) atoms. The summed E-state index contributed by atoms with van der Waals surface area (Å²) in [5, 5.41) is 9.76. The van der Waals surface area contributed by atoms with Gasteiger partial charge in [0, 0.05) is 26.2 Å². The van der Waals surface area contributed by atoms with E-state index in [0.717, 1.165) is 42.7 Å². The van der Waals surface area contributed by atoms with E-state index in [1.165, 1.54) is 22.9 Å². The fraction of sp³-hybridized carbons (Fsp3) is 0.423. The van der Waals surface area contributed by atoms with Crippen LogP contribution in [0.15, 0.2) is 59.8 Å². The van der Waals surface area contributed by atoms with E-state index in [0.29, 0.717) is 32.1 Å². The number of ether oxygens (including phenoxy) is 1. The molecule has 0 bridgehead atoms. The third kappa shape index (κ3) is 6.39. The van der Waals surface area contributed by atoms with Crippen LogP contribution < -0.4 is 4.90 Å². The van der Waals surface area contributed by atoms with Gasteiger partial charge in [-0.15, -0.1) is 10.2 Å². The number of carbonyl (C=O) groups excluding carboxylic acids is 1. The van der Waals surface area contributed by atoms with Crippen molar-refractivity contribution in [1.29, 1.82) is 0 Å². The average Bonchev–Trinajstić information content (AvgIpc) is 3.27. The van der Waals surface area contributed by atoms with Gasteiger partial charge in [-0.3, -0.25) is 9.36 Å². The minimum atomic E-state index is 0.120. The van der Waals surface area contributed by atoms with Crippen LogP contribution in [0.1, 0.15) is 30.0 Å². The number of anilines is 1. The first-order chi connectivity index (χ1) is 16.6. The van der Waals surface area contributed by atoms with E-state index in [1.807, 2.05) is 23.1 Å². The second kappa shape index (κ2) is 12.0. The number of hydrogen-bond acceptors (Lipinski definition) is 6. The van der Waals surface area contributed by atoms with Crippen molar-refractivity contribution in [1.82, 2.24) is 19.7 Å². The summed E-state index contributed by atoms with van der Waals surface area (Å²) in [6, 6.07) is 18.7. The number of thioether (sulfide) groups is 1. The largest absolute Gasteiger partial charge is 0.378 e. The maximum absolute atomic E-state index is 13.2. The number of aromatic nitrogens is 3. The third-order valence-corrected chi connectivity index (χ3v) is 6.79. The topological polar surface area (TPSA) is 63.5 Å². The minimum absolute atomic E-state index is 0.120. The predicted octanol–water partition coefficient (Wildman–Crippen LogP) is 4.00. The lowest BCUT2D eigenvalue weighted by Crippen LogP contribution is -2.38. The van der Waals surface area contributed by atoms with Crippen molar-refractivity contribution in [2.45, 2.75) is 38.5 Å². The Morgan fingerprint density at radius 3 is 2.47 bits per heavy atom. The summed E-state index contributed by atoms with van der Waals surface area (Å²) in [6.45, 7) is 9.16. The zero-order valence-corrected chi connectivity index (χ0v) is 20.8. The number of rotatable bonds is 10. The first-order valence-electron chi connectivity index (χ1n) is 11.9. The molecular formula is C26H33N5O2S. The SMILES string of the molecule is CCCN(Cc1ccc(C)cc1)C(=O)CSc1nnc(N2CCOCC2)n1Cc1ccccc1. The van der Waals surface area contributed by atoms with E-state index in [1.54, 1.807) is 0 Å². The highest BCUT2D eigenvalue weighted by molar-refractivity contribution is 7.99. The van der Waals surface area contributed by atoms with Crippen LogP contribution in [-0.2, 0) is 22.6 Å². The Hall–Kier alpha value is -2.84. The molecule has 1 aliphatic rings. The van der Waals surface area contributed by atoms with Crippen LogP contribution >= 0.6 is 11.8 Å². The van der Waals surface area contributed by atoms with Gasteiger partial charge >= 0.3 is 0 Å². The molecule has 1 saturated heterocycles. The molecule has 2 heterocycles. The molecule has 180 valence electrons. The summed E-state index contributed by atoms with van der Waals surface area (Å²) in [7, 11) is 0. The minimum Gasteiger partial charge on any atom is -0.378 e. The normalized spacial score (nSPS) is 13.8. The van der Waals surface area contributed by atoms with E-state index in [2.05, 4.69) is 69.9 Å². The van der Waals surface area contributed by atoms with Gasteiger partial charge in [-0.25, -0.2) is 0 Å².